The predicted molar refractivity (Wildman–Crippen MR) is 45.2 cm³/mol. The second-order valence-electron chi connectivity index (χ2n) is 2.51. The Kier molecular flexibility index (Phi) is 4.26. The molecule has 2 nitrogen and oxygen atoms in total. The third kappa shape index (κ3) is 3.32. The molecule has 12 heavy (non-hydrogen) atoms. The van der Waals surface area contributed by atoms with E-state index in [2.05, 4.69) is 17.9 Å². The summed E-state index contributed by atoms with van der Waals surface area (Å²) in [6, 6.07) is 0. The summed E-state index contributed by atoms with van der Waals surface area (Å²) in [4.78, 5) is 10.8. The van der Waals surface area contributed by atoms with Crippen LogP contribution in [0.5, 0.6) is 0 Å². The van der Waals surface area contributed by atoms with E-state index in [4.69, 9.17) is 0 Å². The van der Waals surface area contributed by atoms with E-state index in [-0.39, 0.29) is 17.8 Å². The van der Waals surface area contributed by atoms with E-state index in [1.54, 1.807) is 6.92 Å². The summed E-state index contributed by atoms with van der Waals surface area (Å²) in [6.07, 6.45) is -1.03. The Labute approximate surface area is 71.7 Å². The van der Waals surface area contributed by atoms with Gasteiger partial charge in [-0.2, -0.15) is 0 Å². The summed E-state index contributed by atoms with van der Waals surface area (Å²) in [6.45, 7) is 9.78. The van der Waals surface area contributed by atoms with Gasteiger partial charge in [-0.3, -0.25) is 0 Å². The van der Waals surface area contributed by atoms with E-state index in [9.17, 15) is 9.18 Å². The highest BCUT2D eigenvalue weighted by molar-refractivity contribution is 5.87. The number of halogens is 1. The van der Waals surface area contributed by atoms with Crippen LogP contribution in [-0.2, 0) is 9.53 Å². The van der Waals surface area contributed by atoms with Crippen LogP contribution < -0.4 is 0 Å². The van der Waals surface area contributed by atoms with Crippen LogP contribution >= 0.6 is 0 Å². The monoisotopic (exact) mass is 172 g/mol. The lowest BCUT2D eigenvalue weighted by Crippen LogP contribution is -2.11. The van der Waals surface area contributed by atoms with Gasteiger partial charge in [0.25, 0.3) is 0 Å². The van der Waals surface area contributed by atoms with E-state index in [1.807, 2.05) is 0 Å². The molecule has 0 fully saturated rings. The zero-order chi connectivity index (χ0) is 9.72. The second kappa shape index (κ2) is 4.70. The molecule has 1 unspecified atom stereocenters. The molecule has 0 saturated carbocycles. The molecule has 0 amide bonds. The summed E-state index contributed by atoms with van der Waals surface area (Å²) >= 11 is 0. The van der Waals surface area contributed by atoms with Gasteiger partial charge in [0.05, 0.1) is 0 Å². The largest absolute Gasteiger partial charge is 0.425 e. The molecular formula is C9H13FO2. The topological polar surface area (TPSA) is 26.3 Å². The van der Waals surface area contributed by atoms with Gasteiger partial charge in [-0.15, -0.1) is 0 Å². The number of carbonyl (C=O) groups excluding carboxylic acids is 1. The average molecular weight is 172 g/mol. The van der Waals surface area contributed by atoms with Crippen LogP contribution in [0.1, 0.15) is 20.3 Å². The first-order valence-corrected chi connectivity index (χ1v) is 3.69. The van der Waals surface area contributed by atoms with E-state index in [0.717, 1.165) is 0 Å². The van der Waals surface area contributed by atoms with E-state index in [1.165, 1.54) is 6.92 Å². The number of hydrogen-bond donors (Lipinski definition) is 0. The van der Waals surface area contributed by atoms with Crippen LogP contribution in [0, 0.1) is 0 Å². The summed E-state index contributed by atoms with van der Waals surface area (Å²) in [5.41, 5.74) is 0.236. The van der Waals surface area contributed by atoms with Gasteiger partial charge in [-0.25, -0.2) is 9.18 Å². The molecule has 0 radical (unpaired) electrons. The first-order valence-electron chi connectivity index (χ1n) is 3.69. The lowest BCUT2D eigenvalue weighted by atomic mass is 10.2. The molecule has 0 N–H and O–H groups in total. The average Bonchev–Trinajstić information content (AvgIpc) is 2.02. The fraction of sp³-hybridized carbons (Fsp3) is 0.444. The minimum Gasteiger partial charge on any atom is -0.425 e. The maximum absolute atomic E-state index is 12.7. The third-order valence-electron chi connectivity index (χ3n) is 1.28. The van der Waals surface area contributed by atoms with E-state index in [0.29, 0.717) is 0 Å². The van der Waals surface area contributed by atoms with Gasteiger partial charge in [-0.1, -0.05) is 20.1 Å². The van der Waals surface area contributed by atoms with Crippen LogP contribution in [0.15, 0.2) is 24.5 Å². The van der Waals surface area contributed by atoms with Gasteiger partial charge >= 0.3 is 5.97 Å². The Hall–Kier alpha value is -1.12. The summed E-state index contributed by atoms with van der Waals surface area (Å²) < 4.78 is 17.3. The smallest absolute Gasteiger partial charge is 0.338 e. The zero-order valence-corrected chi connectivity index (χ0v) is 7.39. The highest BCUT2D eigenvalue weighted by atomic mass is 19.1. The number of allylic oxidation sites excluding steroid dienone is 1. The van der Waals surface area contributed by atoms with Gasteiger partial charge in [0.1, 0.15) is 5.76 Å². The van der Waals surface area contributed by atoms with Gasteiger partial charge in [-0.05, 0) is 13.3 Å². The highest BCUT2D eigenvalue weighted by Gasteiger charge is 2.13. The van der Waals surface area contributed by atoms with Crippen LogP contribution in [0.3, 0.4) is 0 Å². The molecular weight excluding hydrogens is 159 g/mol. The molecule has 3 heteroatoms. The third-order valence-corrected chi connectivity index (χ3v) is 1.28. The molecule has 0 heterocycles. The minimum atomic E-state index is -1.28. The molecule has 0 aromatic heterocycles. The van der Waals surface area contributed by atoms with Crippen molar-refractivity contribution in [2.24, 2.45) is 0 Å². The van der Waals surface area contributed by atoms with Crippen LogP contribution in [0.25, 0.3) is 0 Å². The molecule has 0 aliphatic rings. The molecule has 0 spiro atoms. The Bertz CT molecular complexity index is 209. The molecule has 0 rings (SSSR count). The maximum atomic E-state index is 12.7. The lowest BCUT2D eigenvalue weighted by molar-refractivity contribution is -0.135. The Morgan fingerprint density at radius 2 is 2.08 bits per heavy atom. The molecule has 1 atom stereocenters. The normalized spacial score (nSPS) is 11.9. The van der Waals surface area contributed by atoms with Crippen LogP contribution in [-0.4, -0.2) is 12.1 Å². The van der Waals surface area contributed by atoms with E-state index >= 15 is 0 Å². The van der Waals surface area contributed by atoms with Crippen molar-refractivity contribution in [3.8, 4) is 0 Å². The molecule has 0 aromatic rings. The fourth-order valence-electron chi connectivity index (χ4n) is 0.498. The van der Waals surface area contributed by atoms with Crippen molar-refractivity contribution in [2.45, 2.75) is 26.4 Å². The Morgan fingerprint density at radius 3 is 2.42 bits per heavy atom. The van der Waals surface area contributed by atoms with Gasteiger partial charge in [0, 0.05) is 5.57 Å². The summed E-state index contributed by atoms with van der Waals surface area (Å²) in [5, 5.41) is 0. The van der Waals surface area contributed by atoms with Crippen molar-refractivity contribution in [1.82, 2.24) is 0 Å². The molecule has 68 valence electrons. The van der Waals surface area contributed by atoms with Crippen molar-refractivity contribution < 1.29 is 13.9 Å². The molecule has 0 aromatic carbocycles. The van der Waals surface area contributed by atoms with Crippen molar-refractivity contribution in [2.75, 3.05) is 0 Å². The molecule has 0 bridgehead atoms. The van der Waals surface area contributed by atoms with Crippen molar-refractivity contribution in [1.29, 1.82) is 0 Å². The number of alkyl halides is 1. The SMILES string of the molecule is C=C(C)C(=O)OC(=C)C(F)CC. The summed E-state index contributed by atoms with van der Waals surface area (Å²) in [5.74, 6) is -0.776. The Morgan fingerprint density at radius 1 is 1.58 bits per heavy atom. The molecule has 0 aliphatic carbocycles. The number of esters is 1. The minimum absolute atomic E-state index is 0.148. The van der Waals surface area contributed by atoms with Gasteiger partial charge in [0.2, 0.25) is 0 Å². The molecule has 0 aliphatic heterocycles. The number of ether oxygens (including phenoxy) is 1. The quantitative estimate of drug-likeness (QED) is 0.369. The summed E-state index contributed by atoms with van der Waals surface area (Å²) in [7, 11) is 0. The van der Waals surface area contributed by atoms with Crippen molar-refractivity contribution in [3.63, 3.8) is 0 Å². The highest BCUT2D eigenvalue weighted by Crippen LogP contribution is 2.11. The predicted octanol–water partition coefficient (Wildman–Crippen LogP) is 2.37. The van der Waals surface area contributed by atoms with Gasteiger partial charge in [0.15, 0.2) is 6.17 Å². The van der Waals surface area contributed by atoms with Gasteiger partial charge < -0.3 is 4.74 Å². The number of hydrogen-bond acceptors (Lipinski definition) is 2. The lowest BCUT2D eigenvalue weighted by Gasteiger charge is -2.09. The zero-order valence-electron chi connectivity index (χ0n) is 7.39. The fourth-order valence-corrected chi connectivity index (χ4v) is 0.498. The van der Waals surface area contributed by atoms with E-state index < -0.39 is 12.1 Å². The maximum Gasteiger partial charge on any atom is 0.338 e. The van der Waals surface area contributed by atoms with Crippen LogP contribution in [0.4, 0.5) is 4.39 Å². The standard InChI is InChI=1S/C9H13FO2/c1-5-8(10)7(4)12-9(11)6(2)3/h8H,2,4-5H2,1,3H3. The molecule has 0 saturated heterocycles. The second-order valence-corrected chi connectivity index (χ2v) is 2.51. The number of rotatable bonds is 4. The number of carbonyl (C=O) groups is 1. The first-order chi connectivity index (χ1) is 5.49. The van der Waals surface area contributed by atoms with Crippen LogP contribution in [0.2, 0.25) is 0 Å². The Balaban J connectivity index is 4.01. The first kappa shape index (κ1) is 10.9. The van der Waals surface area contributed by atoms with Crippen molar-refractivity contribution in [3.05, 3.63) is 24.5 Å². The van der Waals surface area contributed by atoms with Crippen molar-refractivity contribution >= 4 is 5.97 Å².